The lowest BCUT2D eigenvalue weighted by Gasteiger charge is -2.20. The minimum Gasteiger partial charge on any atom is -0.445 e. The fourth-order valence-electron chi connectivity index (χ4n) is 0.724. The molecule has 1 N–H and O–H groups in total. The number of nitrogens with one attached hydrogen (secondary N) is 1. The van der Waals surface area contributed by atoms with Gasteiger partial charge in [0.25, 0.3) is 0 Å². The smallest absolute Gasteiger partial charge is 0.407 e. The molecule has 7 heteroatoms. The molecule has 0 radical (unpaired) electrons. The summed E-state index contributed by atoms with van der Waals surface area (Å²) in [5, 5.41) is 2.57. The van der Waals surface area contributed by atoms with Crippen LogP contribution in [0.5, 0.6) is 0 Å². The molecule has 3 nitrogen and oxygen atoms in total. The van der Waals surface area contributed by atoms with Gasteiger partial charge in [-0.15, -0.1) is 11.6 Å². The number of alkyl carbamates (subject to hydrolysis) is 1. The van der Waals surface area contributed by atoms with Crippen molar-refractivity contribution >= 4 is 52.5 Å². The van der Waals surface area contributed by atoms with Gasteiger partial charge in [0.05, 0.1) is 0 Å². The molecule has 1 atom stereocenters. The highest BCUT2D eigenvalue weighted by Gasteiger charge is 2.23. The van der Waals surface area contributed by atoms with Crippen molar-refractivity contribution in [2.75, 3.05) is 12.5 Å². The first kappa shape index (κ1) is 15.4. The average molecular weight is 297 g/mol. The van der Waals surface area contributed by atoms with Gasteiger partial charge in [-0.2, -0.15) is 0 Å². The lowest BCUT2D eigenvalue weighted by Crippen LogP contribution is -2.41. The number of hydrogen-bond acceptors (Lipinski definition) is 2. The highest BCUT2D eigenvalue weighted by Crippen LogP contribution is 2.25. The summed E-state index contributed by atoms with van der Waals surface area (Å²) >= 11 is 21.9. The summed E-state index contributed by atoms with van der Waals surface area (Å²) < 4.78 is 3.09. The molecular formula is C8H13Cl4NO2. The summed E-state index contributed by atoms with van der Waals surface area (Å²) in [6.45, 7) is 3.57. The normalized spacial score (nSPS) is 13.8. The molecule has 1 amide bonds. The summed E-state index contributed by atoms with van der Waals surface area (Å²) in [4.78, 5) is 11.2. The van der Waals surface area contributed by atoms with E-state index in [1.54, 1.807) is 0 Å². The van der Waals surface area contributed by atoms with Crippen molar-refractivity contribution in [2.24, 2.45) is 5.92 Å². The van der Waals surface area contributed by atoms with Crippen molar-refractivity contribution in [1.29, 1.82) is 0 Å². The van der Waals surface area contributed by atoms with E-state index in [1.165, 1.54) is 0 Å². The van der Waals surface area contributed by atoms with E-state index in [0.717, 1.165) is 0 Å². The Morgan fingerprint density at radius 1 is 1.40 bits per heavy atom. The van der Waals surface area contributed by atoms with Crippen molar-refractivity contribution in [1.82, 2.24) is 5.32 Å². The van der Waals surface area contributed by atoms with E-state index in [2.05, 4.69) is 10.1 Å². The molecule has 0 bridgehead atoms. The molecule has 0 rings (SSSR count). The van der Waals surface area contributed by atoms with Crippen LogP contribution in [0.3, 0.4) is 0 Å². The van der Waals surface area contributed by atoms with Crippen LogP contribution in [0.15, 0.2) is 0 Å². The van der Waals surface area contributed by atoms with Gasteiger partial charge in [0, 0.05) is 11.9 Å². The second-order valence-electron chi connectivity index (χ2n) is 3.34. The fourth-order valence-corrected chi connectivity index (χ4v) is 1.32. The van der Waals surface area contributed by atoms with Gasteiger partial charge in [0.1, 0.15) is 6.61 Å². The Balaban J connectivity index is 3.92. The van der Waals surface area contributed by atoms with Gasteiger partial charge >= 0.3 is 6.09 Å². The Hall–Kier alpha value is 0.430. The third kappa shape index (κ3) is 8.26. The van der Waals surface area contributed by atoms with Crippen molar-refractivity contribution in [3.05, 3.63) is 0 Å². The summed E-state index contributed by atoms with van der Waals surface area (Å²) in [5.41, 5.74) is 0. The average Bonchev–Trinajstić information content (AvgIpc) is 2.09. The number of halogens is 4. The maximum absolute atomic E-state index is 11.2. The maximum Gasteiger partial charge on any atom is 0.407 e. The van der Waals surface area contributed by atoms with Gasteiger partial charge in [0.2, 0.25) is 3.79 Å². The molecule has 0 saturated carbocycles. The van der Waals surface area contributed by atoms with Crippen LogP contribution in [0, 0.1) is 5.92 Å². The molecule has 0 aliphatic heterocycles. The lowest BCUT2D eigenvalue weighted by molar-refractivity contribution is 0.142. The highest BCUT2D eigenvalue weighted by molar-refractivity contribution is 6.67. The van der Waals surface area contributed by atoms with E-state index in [9.17, 15) is 4.79 Å². The summed E-state index contributed by atoms with van der Waals surface area (Å²) in [6.07, 6.45) is -0.638. The van der Waals surface area contributed by atoms with Gasteiger partial charge < -0.3 is 10.1 Å². The fraction of sp³-hybridized carbons (Fsp3) is 0.875. The predicted molar refractivity (Wildman–Crippen MR) is 64.1 cm³/mol. The summed E-state index contributed by atoms with van der Waals surface area (Å²) in [7, 11) is 0. The van der Waals surface area contributed by atoms with Crippen molar-refractivity contribution < 1.29 is 9.53 Å². The van der Waals surface area contributed by atoms with Crippen LogP contribution in [0.2, 0.25) is 0 Å². The minimum absolute atomic E-state index is 0.158. The molecule has 0 aromatic rings. The van der Waals surface area contributed by atoms with Crippen LogP contribution in [-0.4, -0.2) is 28.4 Å². The molecule has 0 heterocycles. The number of carbonyl (C=O) groups is 1. The van der Waals surface area contributed by atoms with Gasteiger partial charge in [-0.3, -0.25) is 0 Å². The lowest BCUT2D eigenvalue weighted by atomic mass is 10.1. The van der Waals surface area contributed by atoms with Crippen molar-refractivity contribution in [3.8, 4) is 0 Å². The monoisotopic (exact) mass is 295 g/mol. The molecule has 90 valence electrons. The van der Waals surface area contributed by atoms with Gasteiger partial charge in [0.15, 0.2) is 0 Å². The third-order valence-electron chi connectivity index (χ3n) is 1.64. The minimum atomic E-state index is -1.59. The third-order valence-corrected chi connectivity index (χ3v) is 2.30. The number of carbonyl (C=O) groups excluding carboxylic acids is 1. The molecule has 0 aromatic heterocycles. The Bertz CT molecular complexity index is 205. The first-order valence-corrected chi connectivity index (χ1v) is 5.99. The van der Waals surface area contributed by atoms with Crippen molar-refractivity contribution in [3.63, 3.8) is 0 Å². The molecule has 0 aliphatic rings. The molecule has 15 heavy (non-hydrogen) atoms. The van der Waals surface area contributed by atoms with Gasteiger partial charge in [-0.25, -0.2) is 4.79 Å². The number of hydrogen-bond donors (Lipinski definition) is 1. The maximum atomic E-state index is 11.2. The highest BCUT2D eigenvalue weighted by atomic mass is 35.6. The van der Waals surface area contributed by atoms with E-state index in [1.807, 2.05) is 13.8 Å². The van der Waals surface area contributed by atoms with Gasteiger partial charge in [-0.05, 0) is 5.92 Å². The van der Waals surface area contributed by atoms with E-state index < -0.39 is 9.89 Å². The van der Waals surface area contributed by atoms with E-state index in [-0.39, 0.29) is 18.6 Å². The summed E-state index contributed by atoms with van der Waals surface area (Å²) in [6, 6.07) is -0.158. The Morgan fingerprint density at radius 2 is 1.93 bits per heavy atom. The Labute approximate surface area is 109 Å². The Kier molecular flexibility index (Phi) is 7.09. The topological polar surface area (TPSA) is 38.3 Å². The van der Waals surface area contributed by atoms with E-state index >= 15 is 0 Å². The molecule has 1 unspecified atom stereocenters. The first-order valence-electron chi connectivity index (χ1n) is 4.32. The van der Waals surface area contributed by atoms with E-state index in [0.29, 0.717) is 5.88 Å². The number of rotatable bonds is 4. The molecule has 0 fully saturated rings. The van der Waals surface area contributed by atoms with Crippen LogP contribution in [-0.2, 0) is 4.74 Å². The zero-order chi connectivity index (χ0) is 12.1. The second kappa shape index (κ2) is 6.89. The molecule has 0 spiro atoms. The van der Waals surface area contributed by atoms with E-state index in [4.69, 9.17) is 46.4 Å². The van der Waals surface area contributed by atoms with Gasteiger partial charge in [-0.1, -0.05) is 48.7 Å². The first-order chi connectivity index (χ1) is 6.76. The van der Waals surface area contributed by atoms with Crippen LogP contribution in [0.25, 0.3) is 0 Å². The SMILES string of the molecule is CC(C)C(CCl)NC(=O)OCC(Cl)(Cl)Cl. The molecule has 0 saturated heterocycles. The number of alkyl halides is 4. The van der Waals surface area contributed by atoms with Crippen LogP contribution in [0.4, 0.5) is 4.79 Å². The predicted octanol–water partition coefficient (Wildman–Crippen LogP) is 3.35. The zero-order valence-corrected chi connectivity index (χ0v) is 11.4. The molecule has 0 aliphatic carbocycles. The van der Waals surface area contributed by atoms with Crippen LogP contribution >= 0.6 is 46.4 Å². The molecular weight excluding hydrogens is 284 g/mol. The number of ether oxygens (including phenoxy) is 1. The quantitative estimate of drug-likeness (QED) is 0.808. The molecule has 0 aromatic carbocycles. The second-order valence-corrected chi connectivity index (χ2v) is 6.17. The largest absolute Gasteiger partial charge is 0.445 e. The summed E-state index contributed by atoms with van der Waals surface area (Å²) in [5.74, 6) is 0.517. The van der Waals surface area contributed by atoms with Crippen molar-refractivity contribution in [2.45, 2.75) is 23.7 Å². The van der Waals surface area contributed by atoms with Crippen LogP contribution < -0.4 is 5.32 Å². The van der Waals surface area contributed by atoms with Crippen LogP contribution in [0.1, 0.15) is 13.8 Å². The Morgan fingerprint density at radius 3 is 2.27 bits per heavy atom. The zero-order valence-electron chi connectivity index (χ0n) is 8.40. The number of amides is 1. The standard InChI is InChI=1S/C8H13Cl4NO2/c1-5(2)6(3-9)13-7(14)15-4-8(10,11)12/h5-6H,3-4H2,1-2H3,(H,13,14).